The van der Waals surface area contributed by atoms with Crippen molar-refractivity contribution in [1.29, 1.82) is 0 Å². The van der Waals surface area contributed by atoms with Gasteiger partial charge in [0.2, 0.25) is 0 Å². The standard InChI is InChI=1S/C17H29N7/c1-13-10-14(2)24(20-13)9-8-23-7-6-16(11-23)21(4)12-17-19-18-15(3)22(17)5/h10,16H,6-9,11-12H2,1-5H3/t16-/m0/s1. The van der Waals surface area contributed by atoms with E-state index in [1.165, 1.54) is 12.1 Å². The van der Waals surface area contributed by atoms with Crippen LogP contribution in [0.4, 0.5) is 0 Å². The van der Waals surface area contributed by atoms with Crippen LogP contribution < -0.4 is 0 Å². The lowest BCUT2D eigenvalue weighted by molar-refractivity contribution is 0.215. The number of aryl methyl sites for hydroxylation is 3. The van der Waals surface area contributed by atoms with E-state index >= 15 is 0 Å². The van der Waals surface area contributed by atoms with Crippen molar-refractivity contribution in [2.75, 3.05) is 26.7 Å². The number of likely N-dealkylation sites (tertiary alicyclic amines) is 1. The third kappa shape index (κ3) is 3.67. The molecule has 1 saturated heterocycles. The SMILES string of the molecule is Cc1cc(C)n(CCN2CC[C@H](N(C)Cc3nnc(C)n3C)C2)n1. The Kier molecular flexibility index (Phi) is 5.01. The summed E-state index contributed by atoms with van der Waals surface area (Å²) in [7, 11) is 4.23. The maximum Gasteiger partial charge on any atom is 0.146 e. The van der Waals surface area contributed by atoms with Crippen LogP contribution in [0.5, 0.6) is 0 Å². The Morgan fingerprint density at radius 1 is 1.21 bits per heavy atom. The zero-order valence-electron chi connectivity index (χ0n) is 15.5. The Labute approximate surface area is 144 Å². The molecule has 2 aromatic rings. The molecule has 24 heavy (non-hydrogen) atoms. The fourth-order valence-corrected chi connectivity index (χ4v) is 3.45. The van der Waals surface area contributed by atoms with Crippen molar-refractivity contribution >= 4 is 0 Å². The van der Waals surface area contributed by atoms with E-state index in [0.717, 1.165) is 50.1 Å². The maximum absolute atomic E-state index is 4.55. The van der Waals surface area contributed by atoms with Crippen LogP contribution >= 0.6 is 0 Å². The molecule has 0 radical (unpaired) electrons. The summed E-state index contributed by atoms with van der Waals surface area (Å²) in [5, 5.41) is 13.0. The molecule has 7 heteroatoms. The van der Waals surface area contributed by atoms with Gasteiger partial charge in [-0.05, 0) is 46.9 Å². The molecule has 0 bridgehead atoms. The van der Waals surface area contributed by atoms with Gasteiger partial charge in [0.15, 0.2) is 0 Å². The summed E-state index contributed by atoms with van der Waals surface area (Å²) < 4.78 is 4.20. The van der Waals surface area contributed by atoms with Crippen LogP contribution in [0, 0.1) is 20.8 Å². The van der Waals surface area contributed by atoms with E-state index in [2.05, 4.69) is 61.3 Å². The second-order valence-corrected chi connectivity index (χ2v) is 7.03. The summed E-state index contributed by atoms with van der Waals surface area (Å²) in [6, 6.07) is 2.73. The van der Waals surface area contributed by atoms with E-state index in [-0.39, 0.29) is 0 Å². The van der Waals surface area contributed by atoms with Crippen molar-refractivity contribution in [2.45, 2.75) is 46.3 Å². The van der Waals surface area contributed by atoms with Crippen LogP contribution in [-0.2, 0) is 20.1 Å². The Hall–Kier alpha value is -1.73. The lowest BCUT2D eigenvalue weighted by atomic mass is 10.2. The number of aromatic nitrogens is 5. The van der Waals surface area contributed by atoms with E-state index in [1.54, 1.807) is 0 Å². The Morgan fingerprint density at radius 3 is 2.62 bits per heavy atom. The predicted molar refractivity (Wildman–Crippen MR) is 93.8 cm³/mol. The fraction of sp³-hybridized carbons (Fsp3) is 0.706. The number of rotatable bonds is 6. The van der Waals surface area contributed by atoms with Crippen LogP contribution in [0.3, 0.4) is 0 Å². The highest BCUT2D eigenvalue weighted by Gasteiger charge is 2.26. The second kappa shape index (κ2) is 7.03. The topological polar surface area (TPSA) is 55.0 Å². The highest BCUT2D eigenvalue weighted by molar-refractivity contribution is 5.06. The molecule has 0 saturated carbocycles. The minimum Gasteiger partial charge on any atom is -0.317 e. The molecule has 0 aromatic carbocycles. The molecule has 0 N–H and O–H groups in total. The third-order valence-electron chi connectivity index (χ3n) is 5.18. The molecular formula is C17H29N7. The van der Waals surface area contributed by atoms with Crippen LogP contribution in [0.1, 0.15) is 29.5 Å². The lowest BCUT2D eigenvalue weighted by Gasteiger charge is -2.24. The number of hydrogen-bond donors (Lipinski definition) is 0. The molecule has 0 unspecified atom stereocenters. The first-order chi connectivity index (χ1) is 11.4. The highest BCUT2D eigenvalue weighted by Crippen LogP contribution is 2.16. The minimum absolute atomic E-state index is 0.586. The molecule has 7 nitrogen and oxygen atoms in total. The van der Waals surface area contributed by atoms with Crippen molar-refractivity contribution in [3.63, 3.8) is 0 Å². The molecule has 3 rings (SSSR count). The maximum atomic E-state index is 4.55. The van der Waals surface area contributed by atoms with Crippen molar-refractivity contribution < 1.29 is 0 Å². The molecule has 132 valence electrons. The second-order valence-electron chi connectivity index (χ2n) is 7.03. The molecular weight excluding hydrogens is 302 g/mol. The first-order valence-corrected chi connectivity index (χ1v) is 8.72. The smallest absolute Gasteiger partial charge is 0.146 e. The molecule has 3 heterocycles. The van der Waals surface area contributed by atoms with Crippen LogP contribution in [-0.4, -0.2) is 67.1 Å². The largest absolute Gasteiger partial charge is 0.317 e. The quantitative estimate of drug-likeness (QED) is 0.795. The van der Waals surface area contributed by atoms with Crippen LogP contribution in [0.2, 0.25) is 0 Å². The van der Waals surface area contributed by atoms with Gasteiger partial charge in [0.25, 0.3) is 0 Å². The average molecular weight is 331 g/mol. The van der Waals surface area contributed by atoms with Gasteiger partial charge in [0.1, 0.15) is 11.6 Å². The fourth-order valence-electron chi connectivity index (χ4n) is 3.45. The average Bonchev–Trinajstić information content (AvgIpc) is 3.21. The first kappa shape index (κ1) is 17.1. The van der Waals surface area contributed by atoms with Crippen molar-refractivity contribution in [2.24, 2.45) is 7.05 Å². The van der Waals surface area contributed by atoms with Gasteiger partial charge in [-0.15, -0.1) is 10.2 Å². The molecule has 0 amide bonds. The van der Waals surface area contributed by atoms with E-state index in [9.17, 15) is 0 Å². The number of hydrogen-bond acceptors (Lipinski definition) is 5. The van der Waals surface area contributed by atoms with E-state index < -0.39 is 0 Å². The molecule has 1 aliphatic heterocycles. The third-order valence-corrected chi connectivity index (χ3v) is 5.18. The van der Waals surface area contributed by atoms with Gasteiger partial charge < -0.3 is 4.57 Å². The summed E-state index contributed by atoms with van der Waals surface area (Å²) in [4.78, 5) is 4.95. The summed E-state index contributed by atoms with van der Waals surface area (Å²) in [6.45, 7) is 11.3. The molecule has 1 aliphatic rings. The van der Waals surface area contributed by atoms with E-state index in [1.807, 2.05) is 14.0 Å². The summed E-state index contributed by atoms with van der Waals surface area (Å²) >= 11 is 0. The summed E-state index contributed by atoms with van der Waals surface area (Å²) in [5.74, 6) is 2.01. The zero-order chi connectivity index (χ0) is 17.3. The zero-order valence-corrected chi connectivity index (χ0v) is 15.5. The van der Waals surface area contributed by atoms with Crippen LogP contribution in [0.15, 0.2) is 6.07 Å². The number of nitrogens with zero attached hydrogens (tertiary/aromatic N) is 7. The summed E-state index contributed by atoms with van der Waals surface area (Å²) in [5.41, 5.74) is 2.35. The molecule has 0 aliphatic carbocycles. The van der Waals surface area contributed by atoms with Gasteiger partial charge in [0, 0.05) is 31.9 Å². The summed E-state index contributed by atoms with van der Waals surface area (Å²) in [6.07, 6.45) is 1.21. The van der Waals surface area contributed by atoms with Gasteiger partial charge in [-0.3, -0.25) is 14.5 Å². The Morgan fingerprint density at radius 2 is 2.00 bits per heavy atom. The van der Waals surface area contributed by atoms with Gasteiger partial charge in [-0.1, -0.05) is 0 Å². The van der Waals surface area contributed by atoms with Gasteiger partial charge in [0.05, 0.1) is 18.8 Å². The van der Waals surface area contributed by atoms with Crippen molar-refractivity contribution in [3.8, 4) is 0 Å². The first-order valence-electron chi connectivity index (χ1n) is 8.72. The predicted octanol–water partition coefficient (Wildman–Crippen LogP) is 1.14. The van der Waals surface area contributed by atoms with Gasteiger partial charge >= 0.3 is 0 Å². The Balaban J connectivity index is 1.49. The van der Waals surface area contributed by atoms with Gasteiger partial charge in [-0.25, -0.2) is 0 Å². The Bertz CT molecular complexity index is 687. The normalized spacial score (nSPS) is 18.8. The van der Waals surface area contributed by atoms with Gasteiger partial charge in [-0.2, -0.15) is 5.10 Å². The molecule has 1 atom stereocenters. The minimum atomic E-state index is 0.586. The molecule has 1 fully saturated rings. The van der Waals surface area contributed by atoms with Crippen molar-refractivity contribution in [1.82, 2.24) is 34.3 Å². The van der Waals surface area contributed by atoms with E-state index in [0.29, 0.717) is 6.04 Å². The van der Waals surface area contributed by atoms with E-state index in [4.69, 9.17) is 0 Å². The monoisotopic (exact) mass is 331 g/mol. The molecule has 2 aromatic heterocycles. The number of likely N-dealkylation sites (N-methyl/N-ethyl adjacent to an activating group) is 1. The van der Waals surface area contributed by atoms with Crippen LogP contribution in [0.25, 0.3) is 0 Å². The van der Waals surface area contributed by atoms with Crippen molar-refractivity contribution in [3.05, 3.63) is 29.1 Å². The molecule has 0 spiro atoms. The lowest BCUT2D eigenvalue weighted by Crippen LogP contribution is -2.35. The highest BCUT2D eigenvalue weighted by atomic mass is 15.3.